The van der Waals surface area contributed by atoms with Crippen LogP contribution in [-0.4, -0.2) is 52.6 Å². The second kappa shape index (κ2) is 7.12. The molecule has 134 valence electrons. The molecule has 2 aliphatic heterocycles. The first kappa shape index (κ1) is 16.5. The summed E-state index contributed by atoms with van der Waals surface area (Å²) >= 11 is 0. The third-order valence-corrected chi connectivity index (χ3v) is 5.56. The van der Waals surface area contributed by atoms with Crippen LogP contribution in [0.1, 0.15) is 38.5 Å². The van der Waals surface area contributed by atoms with Crippen molar-refractivity contribution in [2.75, 3.05) is 31.6 Å². The van der Waals surface area contributed by atoms with Gasteiger partial charge in [-0.15, -0.1) is 0 Å². The number of allylic oxidation sites excluding steroid dienone is 1. The summed E-state index contributed by atoms with van der Waals surface area (Å²) in [5.74, 6) is 1.38. The minimum atomic E-state index is -0.0926. The van der Waals surface area contributed by atoms with Gasteiger partial charge in [-0.2, -0.15) is 0 Å². The van der Waals surface area contributed by atoms with E-state index in [0.29, 0.717) is 11.9 Å². The highest BCUT2D eigenvalue weighted by Crippen LogP contribution is 2.37. The van der Waals surface area contributed by atoms with Gasteiger partial charge in [-0.3, -0.25) is 4.79 Å². The van der Waals surface area contributed by atoms with Crippen LogP contribution < -0.4 is 5.32 Å². The number of nitrogens with zero attached hydrogens (tertiary/aromatic N) is 3. The molecule has 0 aromatic carbocycles. The number of likely N-dealkylation sites (tertiary alicyclic amines) is 1. The van der Waals surface area contributed by atoms with Crippen LogP contribution in [0.5, 0.6) is 0 Å². The molecule has 3 heterocycles. The number of carbonyl (C=O) groups excluding carboxylic acids is 1. The van der Waals surface area contributed by atoms with Crippen molar-refractivity contribution in [3.8, 4) is 0 Å². The van der Waals surface area contributed by atoms with E-state index in [1.54, 1.807) is 12.4 Å². The minimum absolute atomic E-state index is 0.0926. The van der Waals surface area contributed by atoms with Crippen molar-refractivity contribution in [2.24, 2.45) is 5.92 Å². The van der Waals surface area contributed by atoms with E-state index < -0.39 is 0 Å². The van der Waals surface area contributed by atoms with Gasteiger partial charge in [-0.05, 0) is 50.5 Å². The van der Waals surface area contributed by atoms with Gasteiger partial charge in [0.25, 0.3) is 0 Å². The summed E-state index contributed by atoms with van der Waals surface area (Å²) in [6.07, 6.45) is 12.1. The maximum Gasteiger partial charge on any atom is 0.249 e. The van der Waals surface area contributed by atoms with Gasteiger partial charge in [-0.25, -0.2) is 9.97 Å². The molecule has 0 saturated carbocycles. The van der Waals surface area contributed by atoms with Gasteiger partial charge in [-0.1, -0.05) is 6.08 Å². The van der Waals surface area contributed by atoms with E-state index in [2.05, 4.69) is 21.4 Å². The summed E-state index contributed by atoms with van der Waals surface area (Å²) in [5, 5.41) is 3.27. The van der Waals surface area contributed by atoms with Gasteiger partial charge in [0.1, 0.15) is 5.60 Å². The highest BCUT2D eigenvalue weighted by Gasteiger charge is 2.48. The number of amides is 1. The molecule has 6 heteroatoms. The Kier molecular flexibility index (Phi) is 4.70. The van der Waals surface area contributed by atoms with Gasteiger partial charge >= 0.3 is 0 Å². The zero-order chi connectivity index (χ0) is 17.1. The zero-order valence-corrected chi connectivity index (χ0v) is 14.6. The molecule has 1 aromatic heterocycles. The molecule has 1 aromatic rings. The number of carbonyl (C=O) groups is 1. The number of aromatic nitrogens is 2. The fourth-order valence-corrected chi connectivity index (χ4v) is 3.98. The molecule has 6 nitrogen and oxygen atoms in total. The Bertz CT molecular complexity index is 630. The van der Waals surface area contributed by atoms with E-state index in [9.17, 15) is 4.79 Å². The predicted molar refractivity (Wildman–Crippen MR) is 95.1 cm³/mol. The Morgan fingerprint density at radius 2 is 2.16 bits per heavy atom. The molecular formula is C19H26N4O2. The number of anilines is 1. The number of nitrogens with one attached hydrogen (secondary N) is 1. The quantitative estimate of drug-likeness (QED) is 0.910. The maximum absolute atomic E-state index is 12.5. The fraction of sp³-hybridized carbons (Fsp3) is 0.632. The highest BCUT2D eigenvalue weighted by molar-refractivity contribution is 5.94. The first-order chi connectivity index (χ1) is 12.2. The van der Waals surface area contributed by atoms with Gasteiger partial charge in [0.2, 0.25) is 11.9 Å². The lowest BCUT2D eigenvalue weighted by Gasteiger charge is -2.53. The summed E-state index contributed by atoms with van der Waals surface area (Å²) in [7, 11) is 0. The lowest BCUT2D eigenvalue weighted by Crippen LogP contribution is -2.66. The molecule has 1 N–H and O–H groups in total. The van der Waals surface area contributed by atoms with Crippen LogP contribution in [0.15, 0.2) is 30.1 Å². The summed E-state index contributed by atoms with van der Waals surface area (Å²) in [4.78, 5) is 22.8. The lowest BCUT2D eigenvalue weighted by molar-refractivity contribution is -0.185. The third-order valence-electron chi connectivity index (χ3n) is 5.56. The average molecular weight is 342 g/mol. The first-order valence-corrected chi connectivity index (χ1v) is 9.37. The van der Waals surface area contributed by atoms with Crippen molar-refractivity contribution >= 4 is 11.9 Å². The number of rotatable bonds is 4. The molecule has 0 bridgehead atoms. The second-order valence-corrected chi connectivity index (χ2v) is 7.49. The Balaban J connectivity index is 1.22. The molecule has 1 amide bonds. The Morgan fingerprint density at radius 1 is 1.32 bits per heavy atom. The Morgan fingerprint density at radius 3 is 2.84 bits per heavy atom. The van der Waals surface area contributed by atoms with Crippen LogP contribution in [0.3, 0.4) is 0 Å². The van der Waals surface area contributed by atoms with E-state index in [4.69, 9.17) is 4.74 Å². The maximum atomic E-state index is 12.5. The SMILES string of the molecule is O=C(C1=CCCCC1)N1CC2(CC[C@@H](CNc3ncccn3)CO2)C1. The smallest absolute Gasteiger partial charge is 0.249 e. The van der Waals surface area contributed by atoms with Crippen molar-refractivity contribution < 1.29 is 9.53 Å². The molecule has 4 rings (SSSR count). The van der Waals surface area contributed by atoms with E-state index in [0.717, 1.165) is 63.9 Å². The molecule has 3 aliphatic rings. The number of hydrogen-bond donors (Lipinski definition) is 1. The molecule has 0 radical (unpaired) electrons. The van der Waals surface area contributed by atoms with E-state index >= 15 is 0 Å². The van der Waals surface area contributed by atoms with Crippen molar-refractivity contribution in [2.45, 2.75) is 44.1 Å². The molecule has 1 atom stereocenters. The molecular weight excluding hydrogens is 316 g/mol. The van der Waals surface area contributed by atoms with Crippen LogP contribution in [0.4, 0.5) is 5.95 Å². The van der Waals surface area contributed by atoms with Crippen LogP contribution in [-0.2, 0) is 9.53 Å². The molecule has 1 spiro atoms. The summed E-state index contributed by atoms with van der Waals surface area (Å²) in [6, 6.07) is 1.81. The van der Waals surface area contributed by atoms with Gasteiger partial charge in [0, 0.05) is 24.5 Å². The van der Waals surface area contributed by atoms with Crippen LogP contribution in [0.25, 0.3) is 0 Å². The first-order valence-electron chi connectivity index (χ1n) is 9.37. The monoisotopic (exact) mass is 342 g/mol. The number of ether oxygens (including phenoxy) is 1. The molecule has 2 saturated heterocycles. The van der Waals surface area contributed by atoms with Crippen LogP contribution in [0.2, 0.25) is 0 Å². The van der Waals surface area contributed by atoms with Gasteiger partial charge < -0.3 is 15.0 Å². The molecule has 0 unspecified atom stereocenters. The summed E-state index contributed by atoms with van der Waals surface area (Å²) in [5.41, 5.74) is 0.923. The van der Waals surface area contributed by atoms with E-state index in [-0.39, 0.29) is 11.5 Å². The van der Waals surface area contributed by atoms with Crippen LogP contribution >= 0.6 is 0 Å². The topological polar surface area (TPSA) is 67.4 Å². The largest absolute Gasteiger partial charge is 0.371 e. The average Bonchev–Trinajstić information content (AvgIpc) is 2.66. The number of hydrogen-bond acceptors (Lipinski definition) is 5. The summed E-state index contributed by atoms with van der Waals surface area (Å²) in [6.45, 7) is 3.08. The van der Waals surface area contributed by atoms with Gasteiger partial charge in [0.15, 0.2) is 0 Å². The van der Waals surface area contributed by atoms with Crippen LogP contribution in [0, 0.1) is 5.92 Å². The second-order valence-electron chi connectivity index (χ2n) is 7.49. The van der Waals surface area contributed by atoms with Crippen molar-refractivity contribution in [3.05, 3.63) is 30.1 Å². The van der Waals surface area contributed by atoms with Gasteiger partial charge in [0.05, 0.1) is 19.7 Å². The molecule has 1 aliphatic carbocycles. The summed E-state index contributed by atoms with van der Waals surface area (Å²) < 4.78 is 6.18. The standard InChI is InChI=1S/C19H26N4O2/c24-17(16-5-2-1-3-6-16)23-13-19(14-23)8-7-15(12-25-19)11-22-18-20-9-4-10-21-18/h4-5,9-10,15H,1-3,6-8,11-14H2,(H,20,21,22)/t15-/m0/s1. The zero-order valence-electron chi connectivity index (χ0n) is 14.6. The fourth-order valence-electron chi connectivity index (χ4n) is 3.98. The molecule has 25 heavy (non-hydrogen) atoms. The highest BCUT2D eigenvalue weighted by atomic mass is 16.5. The minimum Gasteiger partial charge on any atom is -0.371 e. The van der Waals surface area contributed by atoms with E-state index in [1.807, 2.05) is 11.0 Å². The Labute approximate surface area is 148 Å². The predicted octanol–water partition coefficient (Wildman–Crippen LogP) is 2.40. The lowest BCUT2D eigenvalue weighted by atomic mass is 9.82. The van der Waals surface area contributed by atoms with Crippen molar-refractivity contribution in [3.63, 3.8) is 0 Å². The third kappa shape index (κ3) is 3.68. The van der Waals surface area contributed by atoms with Crippen molar-refractivity contribution in [1.29, 1.82) is 0 Å². The molecule has 2 fully saturated rings. The van der Waals surface area contributed by atoms with Crippen molar-refractivity contribution in [1.82, 2.24) is 14.9 Å². The van der Waals surface area contributed by atoms with E-state index in [1.165, 1.54) is 6.42 Å². The Hall–Kier alpha value is -1.95. The normalized spacial score (nSPS) is 25.2.